The molecule has 11 heteroatoms. The van der Waals surface area contributed by atoms with Crippen molar-refractivity contribution in [2.45, 2.75) is 12.7 Å². The highest BCUT2D eigenvalue weighted by Crippen LogP contribution is 2.31. The molecule has 2 aromatic heterocycles. The van der Waals surface area contributed by atoms with Gasteiger partial charge in [0, 0.05) is 30.0 Å². The molecule has 5 rings (SSSR count). The molecule has 39 heavy (non-hydrogen) atoms. The number of rotatable bonds is 11. The van der Waals surface area contributed by atoms with E-state index in [9.17, 15) is 13.2 Å². The molecule has 1 aliphatic rings. The monoisotopic (exact) mass is 545 g/mol. The fourth-order valence-electron chi connectivity index (χ4n) is 3.98. The summed E-state index contributed by atoms with van der Waals surface area (Å²) in [4.78, 5) is 25.7. The van der Waals surface area contributed by atoms with Crippen LogP contribution in [0.1, 0.15) is 17.4 Å². The predicted octanol–water partition coefficient (Wildman–Crippen LogP) is 3.51. The van der Waals surface area contributed by atoms with E-state index in [2.05, 4.69) is 25.6 Å². The van der Waals surface area contributed by atoms with E-state index < -0.39 is 15.9 Å². The van der Waals surface area contributed by atoms with Crippen molar-refractivity contribution in [1.29, 1.82) is 0 Å². The number of nitrogens with zero attached hydrogens (tertiary/aromatic N) is 3. The molecule has 0 fully saturated rings. The highest BCUT2D eigenvalue weighted by molar-refractivity contribution is 7.90. The standard InChI is InChI=1S/C28H27N5O5S/c1-39(35,36)12-11-29-15-22-13-26(34)27(38-22)24-14-23-25(16-30-24)31-18-32-28(23)33-20-7-9-21(10-8-20)37-17-19-5-3-2-4-6-19/h2-10,13-14,16,18,27,29H,11-12,15,17H2,1H3,(H,31,32,33). The number of aromatic nitrogens is 3. The van der Waals surface area contributed by atoms with Gasteiger partial charge in [0.15, 0.2) is 0 Å². The van der Waals surface area contributed by atoms with Crippen LogP contribution in [0.2, 0.25) is 0 Å². The minimum absolute atomic E-state index is 0.00308. The Labute approximate surface area is 226 Å². The van der Waals surface area contributed by atoms with Crippen LogP contribution >= 0.6 is 0 Å². The minimum atomic E-state index is -3.07. The van der Waals surface area contributed by atoms with Crippen molar-refractivity contribution in [1.82, 2.24) is 20.3 Å². The van der Waals surface area contributed by atoms with E-state index in [1.54, 1.807) is 12.3 Å². The van der Waals surface area contributed by atoms with Gasteiger partial charge in [0.05, 0.1) is 29.7 Å². The molecule has 10 nitrogen and oxygen atoms in total. The van der Waals surface area contributed by atoms with Crippen LogP contribution in [0.25, 0.3) is 10.9 Å². The van der Waals surface area contributed by atoms with Crippen LogP contribution in [-0.4, -0.2) is 54.3 Å². The molecule has 4 aromatic rings. The number of hydrogen-bond acceptors (Lipinski definition) is 10. The summed E-state index contributed by atoms with van der Waals surface area (Å²) in [7, 11) is -3.07. The van der Waals surface area contributed by atoms with Crippen molar-refractivity contribution in [2.24, 2.45) is 0 Å². The normalized spacial score (nSPS) is 15.2. The van der Waals surface area contributed by atoms with Crippen LogP contribution < -0.4 is 15.4 Å². The second-order valence-corrected chi connectivity index (χ2v) is 11.3. The molecular weight excluding hydrogens is 518 g/mol. The van der Waals surface area contributed by atoms with Gasteiger partial charge >= 0.3 is 0 Å². The quantitative estimate of drug-likeness (QED) is 0.270. The highest BCUT2D eigenvalue weighted by Gasteiger charge is 2.30. The number of carbonyl (C=O) groups is 1. The largest absolute Gasteiger partial charge is 0.489 e. The first-order valence-corrected chi connectivity index (χ1v) is 14.3. The number of ether oxygens (including phenoxy) is 2. The number of anilines is 2. The van der Waals surface area contributed by atoms with Gasteiger partial charge in [-0.25, -0.2) is 18.4 Å². The third kappa shape index (κ3) is 6.95. The van der Waals surface area contributed by atoms with Crippen molar-refractivity contribution in [3.63, 3.8) is 0 Å². The minimum Gasteiger partial charge on any atom is -0.489 e. The third-order valence-corrected chi connectivity index (χ3v) is 6.90. The van der Waals surface area contributed by atoms with Crippen LogP contribution in [0, 0.1) is 0 Å². The molecule has 1 atom stereocenters. The molecule has 0 aliphatic carbocycles. The van der Waals surface area contributed by atoms with E-state index >= 15 is 0 Å². The van der Waals surface area contributed by atoms with Gasteiger partial charge in [-0.2, -0.15) is 0 Å². The smallest absolute Gasteiger partial charge is 0.205 e. The Bertz CT molecular complexity index is 1610. The van der Waals surface area contributed by atoms with Crippen LogP contribution in [0.5, 0.6) is 5.75 Å². The van der Waals surface area contributed by atoms with Crippen molar-refractivity contribution >= 4 is 38.0 Å². The Hall–Kier alpha value is -4.35. The Morgan fingerprint density at radius 1 is 1.03 bits per heavy atom. The van der Waals surface area contributed by atoms with E-state index in [0.717, 1.165) is 17.0 Å². The van der Waals surface area contributed by atoms with Crippen molar-refractivity contribution < 1.29 is 22.7 Å². The van der Waals surface area contributed by atoms with E-state index in [0.29, 0.717) is 34.8 Å². The van der Waals surface area contributed by atoms with Gasteiger partial charge in [0.25, 0.3) is 0 Å². The average molecular weight is 546 g/mol. The number of ketones is 1. The zero-order valence-corrected chi connectivity index (χ0v) is 22.0. The van der Waals surface area contributed by atoms with Crippen LogP contribution in [0.15, 0.2) is 85.0 Å². The van der Waals surface area contributed by atoms with Crippen molar-refractivity contribution in [2.75, 3.05) is 30.4 Å². The maximum Gasteiger partial charge on any atom is 0.205 e. The average Bonchev–Trinajstić information content (AvgIpc) is 3.31. The van der Waals surface area contributed by atoms with Gasteiger partial charge in [0.2, 0.25) is 11.9 Å². The SMILES string of the molecule is CS(=O)(=O)CCNCC1=CC(=O)C(c2cc3c(Nc4ccc(OCc5ccccc5)cc4)ncnc3cn2)O1. The number of fused-ring (bicyclic) bond motifs is 1. The van der Waals surface area contributed by atoms with Crippen molar-refractivity contribution in [3.8, 4) is 5.75 Å². The number of sulfone groups is 1. The van der Waals surface area contributed by atoms with E-state index in [-0.39, 0.29) is 24.6 Å². The summed E-state index contributed by atoms with van der Waals surface area (Å²) in [5.41, 5.74) is 2.93. The molecule has 0 saturated carbocycles. The number of pyridine rings is 1. The lowest BCUT2D eigenvalue weighted by molar-refractivity contribution is -0.121. The predicted molar refractivity (Wildman–Crippen MR) is 147 cm³/mol. The summed E-state index contributed by atoms with van der Waals surface area (Å²) in [6.45, 7) is 0.987. The number of benzene rings is 2. The Morgan fingerprint density at radius 3 is 2.59 bits per heavy atom. The summed E-state index contributed by atoms with van der Waals surface area (Å²) in [6, 6.07) is 19.2. The molecule has 0 spiro atoms. The first-order valence-electron chi connectivity index (χ1n) is 12.3. The molecule has 0 bridgehead atoms. The Balaban J connectivity index is 1.25. The lowest BCUT2D eigenvalue weighted by atomic mass is 10.1. The molecule has 2 N–H and O–H groups in total. The summed E-state index contributed by atoms with van der Waals surface area (Å²) in [6.07, 6.45) is 4.72. The van der Waals surface area contributed by atoms with Gasteiger partial charge in [-0.15, -0.1) is 0 Å². The fourth-order valence-corrected chi connectivity index (χ4v) is 4.49. The van der Waals surface area contributed by atoms with Crippen molar-refractivity contribution in [3.05, 3.63) is 96.3 Å². The maximum atomic E-state index is 12.6. The van der Waals surface area contributed by atoms with Gasteiger partial charge < -0.3 is 20.1 Å². The Kier molecular flexibility index (Phi) is 7.80. The molecule has 0 amide bonds. The van der Waals surface area contributed by atoms with Gasteiger partial charge in [-0.1, -0.05) is 30.3 Å². The lowest BCUT2D eigenvalue weighted by Crippen LogP contribution is -2.24. The summed E-state index contributed by atoms with van der Waals surface area (Å²) < 4.78 is 34.3. The fraction of sp³-hybridized carbons (Fsp3) is 0.214. The lowest BCUT2D eigenvalue weighted by Gasteiger charge is -2.14. The number of nitrogens with one attached hydrogen (secondary N) is 2. The summed E-state index contributed by atoms with van der Waals surface area (Å²) in [5, 5.41) is 6.96. The van der Waals surface area contributed by atoms with Crippen LogP contribution in [0.3, 0.4) is 0 Å². The molecule has 200 valence electrons. The van der Waals surface area contributed by atoms with Gasteiger partial charge in [0.1, 0.15) is 40.1 Å². The van der Waals surface area contributed by atoms with E-state index in [1.165, 1.54) is 18.7 Å². The molecule has 0 radical (unpaired) electrons. The molecule has 3 heterocycles. The molecular formula is C28H27N5O5S. The topological polar surface area (TPSA) is 132 Å². The molecule has 2 aromatic carbocycles. The molecule has 1 aliphatic heterocycles. The second-order valence-electron chi connectivity index (χ2n) is 9.09. The zero-order valence-electron chi connectivity index (χ0n) is 21.2. The van der Waals surface area contributed by atoms with E-state index in [1.807, 2.05) is 54.6 Å². The maximum absolute atomic E-state index is 12.6. The third-order valence-electron chi connectivity index (χ3n) is 5.96. The summed E-state index contributed by atoms with van der Waals surface area (Å²) >= 11 is 0. The first-order chi connectivity index (χ1) is 18.8. The second kappa shape index (κ2) is 11.6. The zero-order chi connectivity index (χ0) is 27.2. The first kappa shape index (κ1) is 26.3. The van der Waals surface area contributed by atoms with Crippen LogP contribution in [-0.2, 0) is 26.0 Å². The van der Waals surface area contributed by atoms with E-state index in [4.69, 9.17) is 9.47 Å². The molecule has 1 unspecified atom stereocenters. The number of carbonyl (C=O) groups excluding carboxylic acids is 1. The van der Waals surface area contributed by atoms with Gasteiger partial charge in [-0.3, -0.25) is 9.78 Å². The number of hydrogen-bond donors (Lipinski definition) is 2. The highest BCUT2D eigenvalue weighted by atomic mass is 32.2. The molecule has 0 saturated heterocycles. The summed E-state index contributed by atoms with van der Waals surface area (Å²) in [5.74, 6) is 1.50. The van der Waals surface area contributed by atoms with Crippen LogP contribution in [0.4, 0.5) is 11.5 Å². The Morgan fingerprint density at radius 2 is 1.82 bits per heavy atom. The van der Waals surface area contributed by atoms with Gasteiger partial charge in [-0.05, 0) is 35.9 Å².